The molecule has 21 heavy (non-hydrogen) atoms. The fourth-order valence-corrected chi connectivity index (χ4v) is 2.62. The van der Waals surface area contributed by atoms with Gasteiger partial charge in [-0.05, 0) is 24.8 Å². The number of hydrogen-bond acceptors (Lipinski definition) is 4. The number of non-ortho nitro benzene ring substituents is 1. The Morgan fingerprint density at radius 1 is 1.52 bits per heavy atom. The van der Waals surface area contributed by atoms with E-state index in [1.807, 2.05) is 0 Å². The van der Waals surface area contributed by atoms with Gasteiger partial charge in [0.2, 0.25) is 5.91 Å². The fourth-order valence-electron chi connectivity index (χ4n) is 2.62. The number of nitrogens with zero attached hydrogens (tertiary/aromatic N) is 2. The zero-order valence-corrected chi connectivity index (χ0v) is 12.4. The normalized spacial score (nSPS) is 23.7. The van der Waals surface area contributed by atoms with Gasteiger partial charge in [-0.15, -0.1) is 0 Å². The second kappa shape index (κ2) is 6.22. The van der Waals surface area contributed by atoms with Crippen LogP contribution in [0.1, 0.15) is 31.7 Å². The number of nitro benzene ring substituents is 1. The number of carbonyl (C=O) groups is 1. The molecule has 1 amide bonds. The SMILES string of the molecule is CC(C(=O)N1CCC(C)C(N)C1)c1cccc([N+](=O)[O-])c1. The van der Waals surface area contributed by atoms with Crippen molar-refractivity contribution in [3.05, 3.63) is 39.9 Å². The molecule has 0 aliphatic carbocycles. The molecule has 0 spiro atoms. The van der Waals surface area contributed by atoms with E-state index in [2.05, 4.69) is 6.92 Å². The second-order valence-electron chi connectivity index (χ2n) is 5.79. The van der Waals surface area contributed by atoms with Gasteiger partial charge in [-0.2, -0.15) is 0 Å². The number of rotatable bonds is 3. The average molecular weight is 291 g/mol. The summed E-state index contributed by atoms with van der Waals surface area (Å²) in [5, 5.41) is 10.8. The number of hydrogen-bond donors (Lipinski definition) is 1. The van der Waals surface area contributed by atoms with Crippen LogP contribution in [0.4, 0.5) is 5.69 Å². The third-order valence-corrected chi connectivity index (χ3v) is 4.28. The molecule has 0 radical (unpaired) electrons. The van der Waals surface area contributed by atoms with Crippen LogP contribution in [0.5, 0.6) is 0 Å². The highest BCUT2D eigenvalue weighted by Crippen LogP contribution is 2.25. The summed E-state index contributed by atoms with van der Waals surface area (Å²) in [6.45, 7) is 5.13. The van der Waals surface area contributed by atoms with Crippen molar-refractivity contribution in [3.8, 4) is 0 Å². The summed E-state index contributed by atoms with van der Waals surface area (Å²) in [6, 6.07) is 6.26. The van der Waals surface area contributed by atoms with Crippen molar-refractivity contribution < 1.29 is 9.72 Å². The van der Waals surface area contributed by atoms with Crippen molar-refractivity contribution in [2.24, 2.45) is 11.7 Å². The molecular formula is C15H21N3O3. The van der Waals surface area contributed by atoms with Crippen LogP contribution in [0.15, 0.2) is 24.3 Å². The van der Waals surface area contributed by atoms with E-state index in [4.69, 9.17) is 5.73 Å². The van der Waals surface area contributed by atoms with E-state index in [0.717, 1.165) is 6.42 Å². The first-order chi connectivity index (χ1) is 9.90. The van der Waals surface area contributed by atoms with Gasteiger partial charge in [0.05, 0.1) is 10.8 Å². The Labute approximate surface area is 124 Å². The van der Waals surface area contributed by atoms with Crippen molar-refractivity contribution in [1.82, 2.24) is 4.90 Å². The second-order valence-corrected chi connectivity index (χ2v) is 5.79. The Balaban J connectivity index is 2.12. The van der Waals surface area contributed by atoms with Crippen molar-refractivity contribution in [2.45, 2.75) is 32.2 Å². The highest BCUT2D eigenvalue weighted by atomic mass is 16.6. The van der Waals surface area contributed by atoms with Gasteiger partial charge >= 0.3 is 0 Å². The maximum absolute atomic E-state index is 12.5. The Kier molecular flexibility index (Phi) is 4.57. The van der Waals surface area contributed by atoms with Gasteiger partial charge in [-0.1, -0.05) is 19.1 Å². The van der Waals surface area contributed by atoms with Crippen LogP contribution in [0, 0.1) is 16.0 Å². The van der Waals surface area contributed by atoms with Crippen molar-refractivity contribution in [3.63, 3.8) is 0 Å². The van der Waals surface area contributed by atoms with E-state index >= 15 is 0 Å². The molecule has 0 saturated carbocycles. The van der Waals surface area contributed by atoms with Crippen LogP contribution in [0.25, 0.3) is 0 Å². The molecule has 6 heteroatoms. The van der Waals surface area contributed by atoms with Gasteiger partial charge in [0.15, 0.2) is 0 Å². The lowest BCUT2D eigenvalue weighted by Crippen LogP contribution is -2.50. The maximum Gasteiger partial charge on any atom is 0.269 e. The van der Waals surface area contributed by atoms with Crippen LogP contribution in [0.2, 0.25) is 0 Å². The number of nitrogens with two attached hydrogens (primary N) is 1. The van der Waals surface area contributed by atoms with Gasteiger partial charge < -0.3 is 10.6 Å². The lowest BCUT2D eigenvalue weighted by molar-refractivity contribution is -0.384. The number of likely N-dealkylation sites (tertiary alicyclic amines) is 1. The maximum atomic E-state index is 12.5. The largest absolute Gasteiger partial charge is 0.341 e. The number of carbonyl (C=O) groups excluding carboxylic acids is 1. The Morgan fingerprint density at radius 2 is 2.24 bits per heavy atom. The predicted octanol–water partition coefficient (Wildman–Crippen LogP) is 1.89. The van der Waals surface area contributed by atoms with Crippen LogP contribution in [-0.4, -0.2) is 34.9 Å². The van der Waals surface area contributed by atoms with E-state index < -0.39 is 10.8 Å². The summed E-state index contributed by atoms with van der Waals surface area (Å²) >= 11 is 0. The molecule has 6 nitrogen and oxygen atoms in total. The van der Waals surface area contributed by atoms with Gasteiger partial charge in [0, 0.05) is 31.3 Å². The molecule has 1 aromatic rings. The highest BCUT2D eigenvalue weighted by Gasteiger charge is 2.29. The zero-order valence-electron chi connectivity index (χ0n) is 12.4. The first kappa shape index (κ1) is 15.4. The number of amides is 1. The minimum atomic E-state index is -0.445. The van der Waals surface area contributed by atoms with Crippen molar-refractivity contribution in [1.29, 1.82) is 0 Å². The summed E-state index contributed by atoms with van der Waals surface area (Å²) in [5.74, 6) is 0.00511. The topological polar surface area (TPSA) is 89.5 Å². The first-order valence-electron chi connectivity index (χ1n) is 7.19. The van der Waals surface area contributed by atoms with E-state index in [0.29, 0.717) is 24.6 Å². The number of nitro groups is 1. The molecule has 1 aromatic carbocycles. The molecule has 2 N–H and O–H groups in total. The van der Waals surface area contributed by atoms with Crippen LogP contribution < -0.4 is 5.73 Å². The highest BCUT2D eigenvalue weighted by molar-refractivity contribution is 5.83. The van der Waals surface area contributed by atoms with Crippen molar-refractivity contribution >= 4 is 11.6 Å². The minimum Gasteiger partial charge on any atom is -0.341 e. The molecule has 3 atom stereocenters. The summed E-state index contributed by atoms with van der Waals surface area (Å²) in [4.78, 5) is 24.7. The monoisotopic (exact) mass is 291 g/mol. The van der Waals surface area contributed by atoms with Crippen molar-refractivity contribution in [2.75, 3.05) is 13.1 Å². The summed E-state index contributed by atoms with van der Waals surface area (Å²) < 4.78 is 0. The molecule has 1 heterocycles. The van der Waals surface area contributed by atoms with Gasteiger partial charge in [0.1, 0.15) is 0 Å². The van der Waals surface area contributed by atoms with Gasteiger partial charge in [-0.25, -0.2) is 0 Å². The Hall–Kier alpha value is -1.95. The van der Waals surface area contributed by atoms with E-state index in [9.17, 15) is 14.9 Å². The van der Waals surface area contributed by atoms with Gasteiger partial charge in [0.25, 0.3) is 5.69 Å². The van der Waals surface area contributed by atoms with Crippen LogP contribution >= 0.6 is 0 Å². The summed E-state index contributed by atoms with van der Waals surface area (Å²) in [7, 11) is 0. The molecular weight excluding hydrogens is 270 g/mol. The molecule has 2 rings (SSSR count). The van der Waals surface area contributed by atoms with E-state index in [1.165, 1.54) is 12.1 Å². The third-order valence-electron chi connectivity index (χ3n) is 4.28. The molecule has 1 saturated heterocycles. The molecule has 1 aliphatic heterocycles. The first-order valence-corrected chi connectivity index (χ1v) is 7.19. The lowest BCUT2D eigenvalue weighted by Gasteiger charge is -2.36. The molecule has 0 aromatic heterocycles. The molecule has 1 fully saturated rings. The fraction of sp³-hybridized carbons (Fsp3) is 0.533. The standard InChI is InChI=1S/C15H21N3O3/c1-10-6-7-17(9-14(10)16)15(19)11(2)12-4-3-5-13(8-12)18(20)21/h3-5,8,10-11,14H,6-7,9,16H2,1-2H3. The Bertz CT molecular complexity index is 547. The quantitative estimate of drug-likeness (QED) is 0.680. The summed E-state index contributed by atoms with van der Waals surface area (Å²) in [6.07, 6.45) is 0.897. The molecule has 1 aliphatic rings. The van der Waals surface area contributed by atoms with Gasteiger partial charge in [-0.3, -0.25) is 14.9 Å². The van der Waals surface area contributed by atoms with Crippen LogP contribution in [0.3, 0.4) is 0 Å². The average Bonchev–Trinajstić information content (AvgIpc) is 2.48. The number of benzene rings is 1. The van der Waals surface area contributed by atoms with Crippen LogP contribution in [-0.2, 0) is 4.79 Å². The smallest absolute Gasteiger partial charge is 0.269 e. The Morgan fingerprint density at radius 3 is 2.86 bits per heavy atom. The number of piperidine rings is 1. The lowest BCUT2D eigenvalue weighted by atomic mass is 9.92. The van der Waals surface area contributed by atoms with E-state index in [1.54, 1.807) is 24.0 Å². The molecule has 0 bridgehead atoms. The molecule has 3 unspecified atom stereocenters. The predicted molar refractivity (Wildman–Crippen MR) is 79.8 cm³/mol. The summed E-state index contributed by atoms with van der Waals surface area (Å²) in [5.41, 5.74) is 6.70. The molecule has 114 valence electrons. The third kappa shape index (κ3) is 3.39. The zero-order chi connectivity index (χ0) is 15.6. The van der Waals surface area contributed by atoms with E-state index in [-0.39, 0.29) is 17.6 Å². The minimum absolute atomic E-state index is 0.00000877.